The van der Waals surface area contributed by atoms with E-state index in [9.17, 15) is 0 Å². The van der Waals surface area contributed by atoms with Crippen LogP contribution in [0.5, 0.6) is 0 Å². The van der Waals surface area contributed by atoms with E-state index in [2.05, 4.69) is 97.7 Å². The van der Waals surface area contributed by atoms with Gasteiger partial charge in [-0.05, 0) is 52.9 Å². The molecular weight excluding hydrogens is 482 g/mol. The average Bonchev–Trinajstić information content (AvgIpc) is 3.05. The molecule has 0 bridgehead atoms. The van der Waals surface area contributed by atoms with Crippen LogP contribution in [-0.4, -0.2) is 12.3 Å². The highest BCUT2D eigenvalue weighted by Crippen LogP contribution is 2.70. The summed E-state index contributed by atoms with van der Waals surface area (Å²) in [7, 11) is -1.45. The Kier molecular flexibility index (Phi) is 4.80. The second kappa shape index (κ2) is 7.22. The number of halogens is 1. The van der Waals surface area contributed by atoms with Gasteiger partial charge >= 0.3 is 0 Å². The molecule has 4 aromatic carbocycles. The van der Waals surface area contributed by atoms with Crippen molar-refractivity contribution >= 4 is 28.6 Å². The minimum Gasteiger partial charge on any atom is -1.00 e. The zero-order valence-corrected chi connectivity index (χ0v) is 19.6. The lowest BCUT2D eigenvalue weighted by Crippen LogP contribution is -3.00. The van der Waals surface area contributed by atoms with E-state index >= 15 is 0 Å². The van der Waals surface area contributed by atoms with Crippen LogP contribution >= 0.6 is 7.26 Å². The highest BCUT2D eigenvalue weighted by molar-refractivity contribution is 7.90. The fourth-order valence-electron chi connectivity index (χ4n) is 5.91. The number of hydrogen-bond acceptors (Lipinski definition) is 0. The van der Waals surface area contributed by atoms with Gasteiger partial charge in [0.15, 0.2) is 0 Å². The van der Waals surface area contributed by atoms with Gasteiger partial charge in [-0.15, -0.1) is 0 Å². The summed E-state index contributed by atoms with van der Waals surface area (Å²) in [6.07, 6.45) is 2.51. The first kappa shape index (κ1) is 19.3. The maximum absolute atomic E-state index is 2.61. The van der Waals surface area contributed by atoms with E-state index in [0.29, 0.717) is 11.6 Å². The van der Waals surface area contributed by atoms with Crippen LogP contribution in [0.15, 0.2) is 91.0 Å². The van der Waals surface area contributed by atoms with Crippen molar-refractivity contribution in [1.82, 2.24) is 0 Å². The molecule has 2 heteroatoms. The molecule has 0 saturated carbocycles. The highest BCUT2D eigenvalue weighted by Gasteiger charge is 2.59. The number of rotatable bonds is 1. The van der Waals surface area contributed by atoms with Gasteiger partial charge in [-0.2, -0.15) is 0 Å². The molecule has 1 heterocycles. The SMILES string of the molecule is C[P+]1(c2ccccc2)c2ccc3ccccc3c2C2c3ccccc3CCC21.[I-]. The van der Waals surface area contributed by atoms with Crippen LogP contribution in [0.1, 0.15) is 29.0 Å². The Morgan fingerprint density at radius 2 is 1.48 bits per heavy atom. The lowest BCUT2D eigenvalue weighted by molar-refractivity contribution is -0.00000535. The lowest BCUT2D eigenvalue weighted by Gasteiger charge is -2.33. The van der Waals surface area contributed by atoms with E-state index in [-0.39, 0.29) is 24.0 Å². The van der Waals surface area contributed by atoms with Crippen molar-refractivity contribution in [3.05, 3.63) is 108 Å². The van der Waals surface area contributed by atoms with Gasteiger partial charge in [-0.25, -0.2) is 0 Å². The van der Waals surface area contributed by atoms with Crippen LogP contribution in [0.2, 0.25) is 0 Å². The maximum atomic E-state index is 2.61. The molecule has 1 aliphatic heterocycles. The molecule has 29 heavy (non-hydrogen) atoms. The molecule has 0 N–H and O–H groups in total. The van der Waals surface area contributed by atoms with Crippen LogP contribution in [0.3, 0.4) is 0 Å². The molecule has 0 aromatic heterocycles. The summed E-state index contributed by atoms with van der Waals surface area (Å²) in [6, 6.07) is 34.4. The summed E-state index contributed by atoms with van der Waals surface area (Å²) in [5, 5.41) is 6.05. The van der Waals surface area contributed by atoms with Crippen LogP contribution in [0, 0.1) is 0 Å². The zero-order valence-electron chi connectivity index (χ0n) is 16.6. The van der Waals surface area contributed by atoms with Crippen LogP contribution in [-0.2, 0) is 6.42 Å². The first-order valence-corrected chi connectivity index (χ1v) is 12.6. The molecule has 0 spiro atoms. The van der Waals surface area contributed by atoms with E-state index in [1.54, 1.807) is 27.3 Å². The largest absolute Gasteiger partial charge is 1.00 e. The molecule has 2 aliphatic rings. The molecule has 1 aliphatic carbocycles. The van der Waals surface area contributed by atoms with Crippen molar-refractivity contribution in [2.24, 2.45) is 0 Å². The van der Waals surface area contributed by atoms with Crippen molar-refractivity contribution in [3.8, 4) is 0 Å². The number of benzene rings is 4. The predicted molar refractivity (Wildman–Crippen MR) is 123 cm³/mol. The number of fused-ring (bicyclic) bond motifs is 7. The number of aryl methyl sites for hydroxylation is 1. The van der Waals surface area contributed by atoms with Crippen LogP contribution in [0.25, 0.3) is 10.8 Å². The maximum Gasteiger partial charge on any atom is 0.104 e. The van der Waals surface area contributed by atoms with Crippen molar-refractivity contribution < 1.29 is 24.0 Å². The Bertz CT molecular complexity index is 1200. The van der Waals surface area contributed by atoms with Crippen molar-refractivity contribution in [2.45, 2.75) is 24.4 Å². The van der Waals surface area contributed by atoms with E-state index in [0.717, 1.165) is 0 Å². The highest BCUT2D eigenvalue weighted by atomic mass is 127. The third kappa shape index (κ3) is 2.67. The third-order valence-electron chi connectivity index (χ3n) is 7.20. The van der Waals surface area contributed by atoms with Gasteiger partial charge < -0.3 is 24.0 Å². The first-order valence-electron chi connectivity index (χ1n) is 10.3. The van der Waals surface area contributed by atoms with Gasteiger partial charge in [0.25, 0.3) is 0 Å². The van der Waals surface area contributed by atoms with Crippen molar-refractivity contribution in [2.75, 3.05) is 6.66 Å². The lowest BCUT2D eigenvalue weighted by atomic mass is 9.77. The molecule has 0 nitrogen and oxygen atoms in total. The fraction of sp³-hybridized carbons (Fsp3) is 0.185. The summed E-state index contributed by atoms with van der Waals surface area (Å²) in [4.78, 5) is 0. The summed E-state index contributed by atoms with van der Waals surface area (Å²) in [5.41, 5.74) is 5.47. The summed E-state index contributed by atoms with van der Waals surface area (Å²) in [5.74, 6) is 0.532. The fourth-order valence-corrected chi connectivity index (χ4v) is 10.4. The third-order valence-corrected chi connectivity index (χ3v) is 11.8. The quantitative estimate of drug-likeness (QED) is 0.275. The minimum atomic E-state index is -1.45. The number of hydrogen-bond donors (Lipinski definition) is 0. The first-order chi connectivity index (χ1) is 13.8. The van der Waals surface area contributed by atoms with Gasteiger partial charge in [0.1, 0.15) is 5.30 Å². The Morgan fingerprint density at radius 1 is 0.759 bits per heavy atom. The van der Waals surface area contributed by atoms with Crippen molar-refractivity contribution in [1.29, 1.82) is 0 Å². The Labute approximate surface area is 190 Å². The Hall–Kier alpha value is -1.70. The van der Waals surface area contributed by atoms with Gasteiger partial charge in [0.2, 0.25) is 0 Å². The molecule has 4 aromatic rings. The monoisotopic (exact) mass is 506 g/mol. The Morgan fingerprint density at radius 3 is 2.34 bits per heavy atom. The Balaban J connectivity index is 0.00000181. The summed E-state index contributed by atoms with van der Waals surface area (Å²) < 4.78 is 0. The second-order valence-corrected chi connectivity index (χ2v) is 12.2. The smallest absolute Gasteiger partial charge is 0.104 e. The summed E-state index contributed by atoms with van der Waals surface area (Å²) in [6.45, 7) is 2.61. The minimum absolute atomic E-state index is 0. The van der Waals surface area contributed by atoms with Gasteiger partial charge in [0, 0.05) is 5.56 Å². The predicted octanol–water partition coefficient (Wildman–Crippen LogP) is 2.90. The second-order valence-electron chi connectivity index (χ2n) is 8.41. The van der Waals surface area contributed by atoms with Crippen LogP contribution in [0.4, 0.5) is 0 Å². The zero-order chi connectivity index (χ0) is 18.7. The van der Waals surface area contributed by atoms with Crippen LogP contribution < -0.4 is 34.6 Å². The molecular formula is C27H24IP. The standard InChI is InChI=1S/C27H24P.HI/c1-28(21-11-3-2-4-12-21)24-17-15-19-9-5-7-13-22(19)26(24)27-23-14-8-6-10-20(23)16-18-25(27)28;/h2-15,17,25,27H,16,18H2,1H3;1H/q+1;/p-1. The molecule has 6 rings (SSSR count). The van der Waals surface area contributed by atoms with E-state index in [1.165, 1.54) is 23.6 Å². The average molecular weight is 506 g/mol. The van der Waals surface area contributed by atoms with Crippen molar-refractivity contribution in [3.63, 3.8) is 0 Å². The molecule has 0 radical (unpaired) electrons. The van der Waals surface area contributed by atoms with E-state index in [4.69, 9.17) is 0 Å². The molecule has 0 fully saturated rings. The molecule has 144 valence electrons. The van der Waals surface area contributed by atoms with E-state index < -0.39 is 7.26 Å². The molecule has 0 amide bonds. The molecule has 3 atom stereocenters. The van der Waals surface area contributed by atoms with Gasteiger partial charge in [-0.1, -0.05) is 72.8 Å². The van der Waals surface area contributed by atoms with Gasteiger partial charge in [-0.3, -0.25) is 0 Å². The normalized spacial score (nSPS) is 24.3. The molecule has 3 unspecified atom stereocenters. The van der Waals surface area contributed by atoms with Gasteiger partial charge in [0.05, 0.1) is 30.8 Å². The topological polar surface area (TPSA) is 0 Å². The van der Waals surface area contributed by atoms with E-state index in [1.807, 2.05) is 0 Å². The molecule has 0 saturated heterocycles. The summed E-state index contributed by atoms with van der Waals surface area (Å²) >= 11 is 0.